The molecule has 0 aromatic rings. The quantitative estimate of drug-likeness (QED) is 0.459. The predicted octanol–water partition coefficient (Wildman–Crippen LogP) is 0.231. The minimum Gasteiger partial charge on any atom is -0.459 e. The number of nitrogens with zero attached hydrogens (tertiary/aromatic N) is 1. The van der Waals surface area contributed by atoms with Crippen molar-refractivity contribution in [1.29, 1.82) is 0 Å². The monoisotopic (exact) mass is 189 g/mol. The third-order valence-corrected chi connectivity index (χ3v) is 1.47. The Balaban J connectivity index is 0. The number of ether oxygens (including phenoxy) is 1. The molecular weight excluding hydrogens is 170 g/mol. The molecule has 78 valence electrons. The van der Waals surface area contributed by atoms with Crippen LogP contribution in [0.25, 0.3) is 0 Å². The van der Waals surface area contributed by atoms with Gasteiger partial charge in [-0.15, -0.1) is 0 Å². The largest absolute Gasteiger partial charge is 0.459 e. The van der Waals surface area contributed by atoms with Gasteiger partial charge in [0.2, 0.25) is 0 Å². The fourth-order valence-electron chi connectivity index (χ4n) is 0.745. The molecule has 1 unspecified atom stereocenters. The molecule has 0 aromatic heterocycles. The maximum atomic E-state index is 10.7. The van der Waals surface area contributed by atoms with Crippen LogP contribution < -0.4 is 0 Å². The van der Waals surface area contributed by atoms with Crippen LogP contribution in [0.5, 0.6) is 0 Å². The predicted molar refractivity (Wildman–Crippen MR) is 52.5 cm³/mol. The molecule has 0 rings (SSSR count). The fraction of sp³-hybridized carbons (Fsp3) is 0.667. The van der Waals surface area contributed by atoms with Crippen LogP contribution in [0.3, 0.4) is 0 Å². The van der Waals surface area contributed by atoms with Gasteiger partial charge in [0.05, 0.1) is 0 Å². The molecule has 0 saturated heterocycles. The van der Waals surface area contributed by atoms with Gasteiger partial charge in [-0.2, -0.15) is 0 Å². The van der Waals surface area contributed by atoms with E-state index in [-0.39, 0.29) is 17.5 Å². The lowest BCUT2D eigenvalue weighted by Crippen LogP contribution is -2.21. The molecule has 0 bridgehead atoms. The summed E-state index contributed by atoms with van der Waals surface area (Å²) in [5.41, 5.74) is 0. The van der Waals surface area contributed by atoms with Crippen molar-refractivity contribution in [3.8, 4) is 0 Å². The summed E-state index contributed by atoms with van der Waals surface area (Å²) < 4.78 is 4.97. The highest BCUT2D eigenvalue weighted by Gasteiger charge is 2.05. The highest BCUT2D eigenvalue weighted by Crippen LogP contribution is 1.98. The van der Waals surface area contributed by atoms with Crippen molar-refractivity contribution >= 4 is 5.97 Å². The van der Waals surface area contributed by atoms with Crippen molar-refractivity contribution in [2.75, 3.05) is 20.6 Å². The smallest absolute Gasteiger partial charge is 0.330 e. The summed E-state index contributed by atoms with van der Waals surface area (Å²) in [5.74, 6) is -0.346. The normalized spacial score (nSPS) is 11.7. The number of hydrogen-bond donors (Lipinski definition) is 0. The average molecular weight is 189 g/mol. The van der Waals surface area contributed by atoms with Crippen molar-refractivity contribution in [2.24, 2.45) is 0 Å². The summed E-state index contributed by atoms with van der Waals surface area (Å²) in [7, 11) is 3.98. The molecule has 13 heavy (non-hydrogen) atoms. The van der Waals surface area contributed by atoms with Gasteiger partial charge in [-0.3, -0.25) is 0 Å². The van der Waals surface area contributed by atoms with Crippen LogP contribution in [0.15, 0.2) is 12.7 Å². The molecule has 0 amide bonds. The van der Waals surface area contributed by atoms with E-state index >= 15 is 0 Å². The second-order valence-corrected chi connectivity index (χ2v) is 3.04. The summed E-state index contributed by atoms with van der Waals surface area (Å²) in [6.07, 6.45) is 2.01. The Kier molecular flexibility index (Phi) is 8.74. The van der Waals surface area contributed by atoms with Crippen molar-refractivity contribution < 1.29 is 15.0 Å². The van der Waals surface area contributed by atoms with Crippen molar-refractivity contribution in [3.63, 3.8) is 0 Å². The Morgan fingerprint density at radius 3 is 2.54 bits per heavy atom. The molecule has 0 radical (unpaired) electrons. The van der Waals surface area contributed by atoms with Gasteiger partial charge >= 0.3 is 5.97 Å². The SMILES string of the molecule is C=CC(=O)OC(C)CCN(C)C.O. The lowest BCUT2D eigenvalue weighted by atomic mass is 10.3. The van der Waals surface area contributed by atoms with E-state index in [1.54, 1.807) is 0 Å². The Bertz CT molecular complexity index is 157. The summed E-state index contributed by atoms with van der Waals surface area (Å²) >= 11 is 0. The summed E-state index contributed by atoms with van der Waals surface area (Å²) in [6.45, 7) is 6.13. The molecule has 0 saturated carbocycles. The molecular formula is C9H19NO3. The minimum absolute atomic E-state index is 0. The molecule has 4 heteroatoms. The van der Waals surface area contributed by atoms with E-state index in [1.807, 2.05) is 21.0 Å². The maximum absolute atomic E-state index is 10.7. The van der Waals surface area contributed by atoms with Crippen LogP contribution in [-0.2, 0) is 9.53 Å². The van der Waals surface area contributed by atoms with Crippen LogP contribution in [0, 0.1) is 0 Å². The Morgan fingerprint density at radius 2 is 2.15 bits per heavy atom. The second-order valence-electron chi connectivity index (χ2n) is 3.04. The number of esters is 1. The topological polar surface area (TPSA) is 61.0 Å². The lowest BCUT2D eigenvalue weighted by molar-refractivity contribution is -0.142. The van der Waals surface area contributed by atoms with E-state index in [0.717, 1.165) is 13.0 Å². The number of hydrogen-bond acceptors (Lipinski definition) is 3. The molecule has 0 aliphatic rings. The zero-order valence-electron chi connectivity index (χ0n) is 8.54. The number of carbonyl (C=O) groups excluding carboxylic acids is 1. The molecule has 0 fully saturated rings. The first-order valence-corrected chi connectivity index (χ1v) is 4.04. The van der Waals surface area contributed by atoms with E-state index in [4.69, 9.17) is 4.74 Å². The number of rotatable bonds is 5. The van der Waals surface area contributed by atoms with E-state index in [0.29, 0.717) is 0 Å². The fourth-order valence-corrected chi connectivity index (χ4v) is 0.745. The summed E-state index contributed by atoms with van der Waals surface area (Å²) in [5, 5.41) is 0. The first-order chi connectivity index (χ1) is 5.56. The van der Waals surface area contributed by atoms with Gasteiger partial charge in [-0.25, -0.2) is 4.79 Å². The van der Waals surface area contributed by atoms with Crippen LogP contribution in [0.1, 0.15) is 13.3 Å². The van der Waals surface area contributed by atoms with Crippen LogP contribution in [-0.4, -0.2) is 43.1 Å². The standard InChI is InChI=1S/C9H17NO2.H2O/c1-5-9(11)12-8(2)6-7-10(3)4;/h5,8H,1,6-7H2,2-4H3;1H2. The molecule has 4 nitrogen and oxygen atoms in total. The number of carbonyl (C=O) groups is 1. The lowest BCUT2D eigenvalue weighted by Gasteiger charge is -2.14. The van der Waals surface area contributed by atoms with Crippen molar-refractivity contribution in [2.45, 2.75) is 19.4 Å². The van der Waals surface area contributed by atoms with Gasteiger partial charge in [-0.05, 0) is 27.4 Å². The maximum Gasteiger partial charge on any atom is 0.330 e. The molecule has 0 aromatic carbocycles. The highest BCUT2D eigenvalue weighted by atomic mass is 16.5. The second kappa shape index (κ2) is 7.76. The Hall–Kier alpha value is -0.870. The van der Waals surface area contributed by atoms with Crippen molar-refractivity contribution in [3.05, 3.63) is 12.7 Å². The van der Waals surface area contributed by atoms with Gasteiger partial charge in [0.15, 0.2) is 0 Å². The zero-order valence-corrected chi connectivity index (χ0v) is 8.54. The molecule has 1 atom stereocenters. The zero-order chi connectivity index (χ0) is 9.56. The third-order valence-electron chi connectivity index (χ3n) is 1.47. The molecule has 0 heterocycles. The van der Waals surface area contributed by atoms with Crippen LogP contribution >= 0.6 is 0 Å². The molecule has 0 aliphatic carbocycles. The Morgan fingerprint density at radius 1 is 1.62 bits per heavy atom. The summed E-state index contributed by atoms with van der Waals surface area (Å²) in [4.78, 5) is 12.8. The van der Waals surface area contributed by atoms with E-state index in [1.165, 1.54) is 6.08 Å². The third kappa shape index (κ3) is 9.04. The first kappa shape index (κ1) is 14.6. The summed E-state index contributed by atoms with van der Waals surface area (Å²) in [6, 6.07) is 0. The van der Waals surface area contributed by atoms with Gasteiger partial charge in [0.25, 0.3) is 0 Å². The highest BCUT2D eigenvalue weighted by molar-refractivity contribution is 5.81. The van der Waals surface area contributed by atoms with Gasteiger partial charge in [0, 0.05) is 12.6 Å². The van der Waals surface area contributed by atoms with E-state index in [2.05, 4.69) is 11.5 Å². The molecule has 2 N–H and O–H groups in total. The first-order valence-electron chi connectivity index (χ1n) is 4.04. The van der Waals surface area contributed by atoms with Gasteiger partial charge in [-0.1, -0.05) is 6.58 Å². The van der Waals surface area contributed by atoms with Gasteiger partial charge < -0.3 is 15.1 Å². The molecule has 0 spiro atoms. The molecule has 0 aliphatic heterocycles. The van der Waals surface area contributed by atoms with Gasteiger partial charge in [0.1, 0.15) is 6.10 Å². The van der Waals surface area contributed by atoms with Crippen LogP contribution in [0.2, 0.25) is 0 Å². The van der Waals surface area contributed by atoms with Crippen molar-refractivity contribution in [1.82, 2.24) is 4.90 Å². The van der Waals surface area contributed by atoms with E-state index in [9.17, 15) is 4.79 Å². The Labute approximate surface area is 79.5 Å². The minimum atomic E-state index is -0.346. The van der Waals surface area contributed by atoms with Crippen LogP contribution in [0.4, 0.5) is 0 Å². The van der Waals surface area contributed by atoms with E-state index < -0.39 is 0 Å². The average Bonchev–Trinajstić information content (AvgIpc) is 2.00.